The van der Waals surface area contributed by atoms with Crippen molar-refractivity contribution in [2.75, 3.05) is 19.7 Å². The van der Waals surface area contributed by atoms with Gasteiger partial charge in [0.05, 0.1) is 18.5 Å². The standard InChI is InChI=1S/C23H35N3O3S/c1-4-7-8-11-14-29-20(27)16-26-19(15-25(5-2)6-3)24-22-21(23(26)28)17-12-9-10-13-18(17)30-22/h4-16H2,1-3H3. The van der Waals surface area contributed by atoms with Crippen LogP contribution in [0.1, 0.15) is 75.6 Å². The third kappa shape index (κ3) is 5.30. The first-order valence-corrected chi connectivity index (χ1v) is 12.3. The average molecular weight is 434 g/mol. The van der Waals surface area contributed by atoms with Crippen LogP contribution in [0.25, 0.3) is 10.2 Å². The van der Waals surface area contributed by atoms with Crippen LogP contribution in [-0.2, 0) is 35.5 Å². The Hall–Kier alpha value is -1.73. The van der Waals surface area contributed by atoms with Crippen molar-refractivity contribution in [2.24, 2.45) is 0 Å². The normalized spacial score (nSPS) is 13.7. The summed E-state index contributed by atoms with van der Waals surface area (Å²) in [5.41, 5.74) is 1.08. The zero-order valence-corrected chi connectivity index (χ0v) is 19.5. The second kappa shape index (κ2) is 11.0. The van der Waals surface area contributed by atoms with Gasteiger partial charge in [-0.2, -0.15) is 0 Å². The minimum atomic E-state index is -0.348. The van der Waals surface area contributed by atoms with E-state index in [2.05, 4.69) is 25.7 Å². The predicted molar refractivity (Wildman–Crippen MR) is 122 cm³/mol. The fourth-order valence-corrected chi connectivity index (χ4v) is 5.37. The van der Waals surface area contributed by atoms with E-state index in [1.165, 1.54) is 11.3 Å². The van der Waals surface area contributed by atoms with E-state index < -0.39 is 0 Å². The first kappa shape index (κ1) is 22.9. The molecule has 0 atom stereocenters. The van der Waals surface area contributed by atoms with E-state index in [1.54, 1.807) is 15.9 Å². The Morgan fingerprint density at radius 1 is 1.13 bits per heavy atom. The highest BCUT2D eigenvalue weighted by Crippen LogP contribution is 2.33. The minimum absolute atomic E-state index is 0.0588. The van der Waals surface area contributed by atoms with E-state index in [9.17, 15) is 9.59 Å². The largest absolute Gasteiger partial charge is 0.464 e. The maximum atomic E-state index is 13.5. The van der Waals surface area contributed by atoms with E-state index in [-0.39, 0.29) is 18.1 Å². The molecule has 0 N–H and O–H groups in total. The molecule has 0 saturated heterocycles. The number of carbonyl (C=O) groups is 1. The number of unbranched alkanes of at least 4 members (excludes halogenated alkanes) is 3. The summed E-state index contributed by atoms with van der Waals surface area (Å²) in [6, 6.07) is 0. The zero-order chi connectivity index (χ0) is 21.5. The van der Waals surface area contributed by atoms with E-state index in [0.29, 0.717) is 19.0 Å². The average Bonchev–Trinajstić information content (AvgIpc) is 3.12. The summed E-state index contributed by atoms with van der Waals surface area (Å²) in [5.74, 6) is 0.317. The van der Waals surface area contributed by atoms with Gasteiger partial charge in [-0.15, -0.1) is 11.3 Å². The molecule has 0 saturated carbocycles. The maximum Gasteiger partial charge on any atom is 0.326 e. The number of hydrogen-bond acceptors (Lipinski definition) is 6. The summed E-state index contributed by atoms with van der Waals surface area (Å²) in [6.45, 7) is 9.00. The highest BCUT2D eigenvalue weighted by molar-refractivity contribution is 7.18. The molecule has 0 aromatic carbocycles. The number of carbonyl (C=O) groups excluding carboxylic acids is 1. The lowest BCUT2D eigenvalue weighted by Crippen LogP contribution is -2.33. The quantitative estimate of drug-likeness (QED) is 0.390. The number of thiophene rings is 1. The monoisotopic (exact) mass is 433 g/mol. The molecule has 2 heterocycles. The molecule has 2 aromatic heterocycles. The molecule has 1 aliphatic carbocycles. The highest BCUT2D eigenvalue weighted by atomic mass is 32.1. The van der Waals surface area contributed by atoms with Crippen molar-refractivity contribution in [1.29, 1.82) is 0 Å². The van der Waals surface area contributed by atoms with Gasteiger partial charge in [-0.25, -0.2) is 4.98 Å². The molecule has 3 rings (SSSR count). The lowest BCUT2D eigenvalue weighted by Gasteiger charge is -2.20. The van der Waals surface area contributed by atoms with E-state index in [0.717, 1.165) is 73.8 Å². The third-order valence-corrected chi connectivity index (χ3v) is 7.15. The van der Waals surface area contributed by atoms with Crippen molar-refractivity contribution in [2.45, 2.75) is 85.2 Å². The zero-order valence-electron chi connectivity index (χ0n) is 18.7. The second-order valence-corrected chi connectivity index (χ2v) is 9.14. The summed E-state index contributed by atoms with van der Waals surface area (Å²) in [5, 5.41) is 0.730. The number of aromatic nitrogens is 2. The first-order valence-electron chi connectivity index (χ1n) is 11.5. The second-order valence-electron chi connectivity index (χ2n) is 8.05. The first-order chi connectivity index (χ1) is 14.6. The summed E-state index contributed by atoms with van der Waals surface area (Å²) < 4.78 is 7.00. The van der Waals surface area contributed by atoms with Crippen LogP contribution in [-0.4, -0.2) is 40.1 Å². The summed E-state index contributed by atoms with van der Waals surface area (Å²) in [6.07, 6.45) is 8.47. The van der Waals surface area contributed by atoms with Gasteiger partial charge in [-0.05, 0) is 50.8 Å². The topological polar surface area (TPSA) is 64.4 Å². The van der Waals surface area contributed by atoms with E-state index in [1.807, 2.05) is 0 Å². The number of nitrogens with zero attached hydrogens (tertiary/aromatic N) is 3. The molecule has 7 heteroatoms. The summed E-state index contributed by atoms with van der Waals surface area (Å²) in [7, 11) is 0. The Morgan fingerprint density at radius 2 is 1.90 bits per heavy atom. The van der Waals surface area contributed by atoms with Crippen LogP contribution in [0, 0.1) is 0 Å². The van der Waals surface area contributed by atoms with Gasteiger partial charge in [-0.1, -0.05) is 40.0 Å². The van der Waals surface area contributed by atoms with Crippen molar-refractivity contribution in [3.63, 3.8) is 0 Å². The van der Waals surface area contributed by atoms with Crippen LogP contribution in [0.5, 0.6) is 0 Å². The van der Waals surface area contributed by atoms with Crippen molar-refractivity contribution >= 4 is 27.5 Å². The smallest absolute Gasteiger partial charge is 0.326 e. The van der Waals surface area contributed by atoms with Crippen LogP contribution < -0.4 is 5.56 Å². The van der Waals surface area contributed by atoms with Gasteiger partial charge in [0, 0.05) is 4.88 Å². The minimum Gasteiger partial charge on any atom is -0.464 e. The number of fused-ring (bicyclic) bond motifs is 3. The molecule has 0 spiro atoms. The molecule has 0 aliphatic heterocycles. The van der Waals surface area contributed by atoms with Crippen molar-refractivity contribution in [3.8, 4) is 0 Å². The summed E-state index contributed by atoms with van der Waals surface area (Å²) in [4.78, 5) is 35.2. The van der Waals surface area contributed by atoms with E-state index >= 15 is 0 Å². The summed E-state index contributed by atoms with van der Waals surface area (Å²) >= 11 is 1.66. The maximum absolute atomic E-state index is 13.5. The van der Waals surface area contributed by atoms with Crippen LogP contribution in [0.4, 0.5) is 0 Å². The van der Waals surface area contributed by atoms with Crippen molar-refractivity contribution in [3.05, 3.63) is 26.6 Å². The molecule has 2 aromatic rings. The molecular weight excluding hydrogens is 398 g/mol. The number of aryl methyl sites for hydroxylation is 2. The van der Waals surface area contributed by atoms with Crippen LogP contribution in [0.3, 0.4) is 0 Å². The van der Waals surface area contributed by atoms with Gasteiger partial charge >= 0.3 is 5.97 Å². The molecule has 6 nitrogen and oxygen atoms in total. The Kier molecular flexibility index (Phi) is 8.45. The van der Waals surface area contributed by atoms with Gasteiger partial charge in [0.15, 0.2) is 0 Å². The predicted octanol–water partition coefficient (Wildman–Crippen LogP) is 4.30. The van der Waals surface area contributed by atoms with Gasteiger partial charge in [0.1, 0.15) is 17.2 Å². The van der Waals surface area contributed by atoms with Gasteiger partial charge in [-0.3, -0.25) is 19.1 Å². The lowest BCUT2D eigenvalue weighted by molar-refractivity contribution is -0.144. The molecule has 0 radical (unpaired) electrons. The molecule has 0 amide bonds. The SMILES string of the molecule is CCCCCCOC(=O)Cn1c(CN(CC)CC)nc2sc3c(c2c1=O)CCCC3. The Bertz CT molecular complexity index is 915. The highest BCUT2D eigenvalue weighted by Gasteiger charge is 2.23. The van der Waals surface area contributed by atoms with E-state index in [4.69, 9.17) is 9.72 Å². The molecule has 30 heavy (non-hydrogen) atoms. The number of esters is 1. The number of ether oxygens (including phenoxy) is 1. The molecular formula is C23H35N3O3S. The Labute approximate surface area is 183 Å². The third-order valence-electron chi connectivity index (χ3n) is 5.96. The van der Waals surface area contributed by atoms with Crippen LogP contribution in [0.2, 0.25) is 0 Å². The van der Waals surface area contributed by atoms with Gasteiger partial charge in [0.25, 0.3) is 5.56 Å². The fraction of sp³-hybridized carbons (Fsp3) is 0.696. The molecule has 0 bridgehead atoms. The van der Waals surface area contributed by atoms with Crippen molar-refractivity contribution in [1.82, 2.24) is 14.5 Å². The molecule has 0 unspecified atom stereocenters. The lowest BCUT2D eigenvalue weighted by atomic mass is 9.97. The Morgan fingerprint density at radius 3 is 2.63 bits per heavy atom. The molecule has 1 aliphatic rings. The van der Waals surface area contributed by atoms with Crippen molar-refractivity contribution < 1.29 is 9.53 Å². The molecule has 0 fully saturated rings. The number of hydrogen-bond donors (Lipinski definition) is 0. The van der Waals surface area contributed by atoms with Gasteiger partial charge in [0.2, 0.25) is 0 Å². The fourth-order valence-electron chi connectivity index (χ4n) is 4.10. The van der Waals surface area contributed by atoms with Crippen LogP contribution >= 0.6 is 11.3 Å². The molecule has 166 valence electrons. The van der Waals surface area contributed by atoms with Crippen LogP contribution in [0.15, 0.2) is 4.79 Å². The Balaban J connectivity index is 1.89. The number of rotatable bonds is 11. The van der Waals surface area contributed by atoms with Gasteiger partial charge < -0.3 is 4.74 Å².